The molecule has 3 saturated heterocycles. The lowest BCUT2D eigenvalue weighted by Crippen LogP contribution is -2.47. The summed E-state index contributed by atoms with van der Waals surface area (Å²) in [5.74, 6) is 1.85. The predicted octanol–water partition coefficient (Wildman–Crippen LogP) is 5.43. The van der Waals surface area contributed by atoms with Crippen molar-refractivity contribution >= 4 is 26.5 Å². The van der Waals surface area contributed by atoms with E-state index >= 15 is 0 Å². The van der Waals surface area contributed by atoms with Crippen molar-refractivity contribution < 1.29 is 9.47 Å². The Morgan fingerprint density at radius 3 is 1.73 bits per heavy atom. The molecular formula is C26H42O2Si2. The molecule has 5 atom stereocenters. The lowest BCUT2D eigenvalue weighted by atomic mass is 9.79. The van der Waals surface area contributed by atoms with Gasteiger partial charge in [0.25, 0.3) is 0 Å². The number of fused-ring (bicyclic) bond motifs is 3. The molecule has 5 aliphatic rings. The first-order valence-corrected chi connectivity index (χ1v) is 19.1. The first-order valence-electron chi connectivity index (χ1n) is 12.7. The van der Waals surface area contributed by atoms with Gasteiger partial charge in [-0.05, 0) is 50.4 Å². The SMILES string of the molecule is C[Si](C)(CCC1CC2CC(C1)O2)c1ccc([Si](C)(C)CCC2CCC3OC3C2)cc1. The van der Waals surface area contributed by atoms with Gasteiger partial charge in [-0.3, -0.25) is 0 Å². The highest BCUT2D eigenvalue weighted by molar-refractivity contribution is 6.91. The van der Waals surface area contributed by atoms with Crippen LogP contribution >= 0.6 is 0 Å². The Balaban J connectivity index is 1.14. The van der Waals surface area contributed by atoms with Gasteiger partial charge < -0.3 is 9.47 Å². The van der Waals surface area contributed by atoms with E-state index in [1.807, 2.05) is 0 Å². The number of benzene rings is 1. The van der Waals surface area contributed by atoms with E-state index in [1.54, 1.807) is 10.4 Å². The third kappa shape index (κ3) is 4.67. The molecule has 166 valence electrons. The van der Waals surface area contributed by atoms with Gasteiger partial charge >= 0.3 is 0 Å². The van der Waals surface area contributed by atoms with Crippen molar-refractivity contribution in [2.45, 2.75) is 114 Å². The van der Waals surface area contributed by atoms with Gasteiger partial charge in [0, 0.05) is 0 Å². The third-order valence-electron chi connectivity index (χ3n) is 9.02. The summed E-state index contributed by atoms with van der Waals surface area (Å²) in [6, 6.07) is 12.9. The Labute approximate surface area is 186 Å². The van der Waals surface area contributed by atoms with E-state index in [2.05, 4.69) is 50.5 Å². The summed E-state index contributed by atoms with van der Waals surface area (Å²) in [7, 11) is -2.68. The average molecular weight is 443 g/mol. The fraction of sp³-hybridized carbons (Fsp3) is 0.769. The van der Waals surface area contributed by atoms with Crippen LogP contribution in [0.4, 0.5) is 0 Å². The summed E-state index contributed by atoms with van der Waals surface area (Å²) in [4.78, 5) is 0. The minimum atomic E-state index is -1.34. The molecule has 2 bridgehead atoms. The standard InChI is InChI=1S/C26H42O2Si2/c1-29(2,13-11-19-5-10-25-26(17-19)28-25)23-6-8-24(9-7-23)30(3,4)14-12-20-15-21-18-22(16-20)27-21/h6-9,19-22,25-26H,5,10-18H2,1-4H3. The minimum Gasteiger partial charge on any atom is -0.375 e. The van der Waals surface area contributed by atoms with Crippen molar-refractivity contribution in [3.8, 4) is 0 Å². The Morgan fingerprint density at radius 2 is 1.20 bits per heavy atom. The summed E-state index contributed by atoms with van der Waals surface area (Å²) >= 11 is 0. The molecule has 30 heavy (non-hydrogen) atoms. The first-order chi connectivity index (χ1) is 14.3. The molecule has 0 amide bonds. The van der Waals surface area contributed by atoms with Crippen molar-refractivity contribution in [3.05, 3.63) is 24.3 Å². The monoisotopic (exact) mass is 442 g/mol. The van der Waals surface area contributed by atoms with E-state index in [4.69, 9.17) is 9.47 Å². The van der Waals surface area contributed by atoms with Gasteiger partial charge in [0.05, 0.1) is 40.6 Å². The van der Waals surface area contributed by atoms with Gasteiger partial charge in [0.1, 0.15) is 0 Å². The summed E-state index contributed by atoms with van der Waals surface area (Å²) in [6.45, 7) is 10.3. The molecule has 6 rings (SSSR count). The smallest absolute Gasteiger partial charge is 0.0844 e. The molecule has 1 aromatic carbocycles. The minimum absolute atomic E-state index is 0.608. The molecule has 2 saturated carbocycles. The molecule has 0 radical (unpaired) electrons. The molecule has 0 N–H and O–H groups in total. The molecule has 4 heteroatoms. The fourth-order valence-corrected chi connectivity index (χ4v) is 11.4. The van der Waals surface area contributed by atoms with Crippen LogP contribution in [0.25, 0.3) is 0 Å². The van der Waals surface area contributed by atoms with Crippen molar-refractivity contribution in [1.29, 1.82) is 0 Å². The largest absolute Gasteiger partial charge is 0.375 e. The number of ether oxygens (including phenoxy) is 2. The lowest BCUT2D eigenvalue weighted by molar-refractivity contribution is -0.173. The van der Waals surface area contributed by atoms with E-state index < -0.39 is 16.1 Å². The number of epoxide rings is 1. The van der Waals surface area contributed by atoms with Gasteiger partial charge in [-0.2, -0.15) is 0 Å². The topological polar surface area (TPSA) is 21.8 Å². The maximum atomic E-state index is 5.84. The molecule has 5 fully saturated rings. The Hall–Kier alpha value is -0.426. The van der Waals surface area contributed by atoms with Gasteiger partial charge in [0.15, 0.2) is 0 Å². The Bertz CT molecular complexity index is 685. The van der Waals surface area contributed by atoms with Crippen LogP contribution in [0.5, 0.6) is 0 Å². The average Bonchev–Trinajstić information content (AvgIpc) is 3.50. The van der Waals surface area contributed by atoms with Crippen molar-refractivity contribution in [2.24, 2.45) is 11.8 Å². The molecule has 1 aromatic rings. The highest BCUT2D eigenvalue weighted by Crippen LogP contribution is 2.42. The van der Waals surface area contributed by atoms with Crippen LogP contribution in [0.1, 0.15) is 51.4 Å². The van der Waals surface area contributed by atoms with E-state index in [9.17, 15) is 0 Å². The van der Waals surface area contributed by atoms with Crippen LogP contribution in [0, 0.1) is 11.8 Å². The normalized spacial score (nSPS) is 35.5. The highest BCUT2D eigenvalue weighted by Gasteiger charge is 2.44. The van der Waals surface area contributed by atoms with Crippen molar-refractivity contribution in [2.75, 3.05) is 0 Å². The molecular weight excluding hydrogens is 400 g/mol. The second-order valence-electron chi connectivity index (χ2n) is 12.3. The maximum Gasteiger partial charge on any atom is 0.0844 e. The van der Waals surface area contributed by atoms with Gasteiger partial charge in [-0.1, -0.05) is 85.8 Å². The first kappa shape index (κ1) is 21.4. The highest BCUT2D eigenvalue weighted by atomic mass is 28.3. The molecule has 2 aliphatic carbocycles. The fourth-order valence-electron chi connectivity index (χ4n) is 6.47. The molecule has 3 aliphatic heterocycles. The zero-order valence-corrected chi connectivity index (χ0v) is 21.7. The molecule has 2 nitrogen and oxygen atoms in total. The number of hydrogen-bond acceptors (Lipinski definition) is 2. The van der Waals surface area contributed by atoms with Crippen LogP contribution < -0.4 is 10.4 Å². The quantitative estimate of drug-likeness (QED) is 0.395. The second-order valence-corrected chi connectivity index (χ2v) is 22.0. The summed E-state index contributed by atoms with van der Waals surface area (Å²) < 4.78 is 11.6. The zero-order chi connectivity index (χ0) is 20.9. The summed E-state index contributed by atoms with van der Waals surface area (Å²) in [5, 5.41) is 3.33. The van der Waals surface area contributed by atoms with Crippen LogP contribution in [0.2, 0.25) is 38.3 Å². The van der Waals surface area contributed by atoms with E-state index in [1.165, 1.54) is 63.5 Å². The molecule has 0 spiro atoms. The van der Waals surface area contributed by atoms with E-state index in [0.29, 0.717) is 24.4 Å². The van der Waals surface area contributed by atoms with Crippen molar-refractivity contribution in [3.63, 3.8) is 0 Å². The number of hydrogen-bond donors (Lipinski definition) is 0. The van der Waals surface area contributed by atoms with Gasteiger partial charge in [-0.15, -0.1) is 0 Å². The molecule has 0 aromatic heterocycles. The van der Waals surface area contributed by atoms with Crippen LogP contribution in [-0.2, 0) is 9.47 Å². The zero-order valence-electron chi connectivity index (χ0n) is 19.7. The molecule has 3 heterocycles. The molecule has 5 unspecified atom stereocenters. The van der Waals surface area contributed by atoms with Gasteiger partial charge in [0.2, 0.25) is 0 Å². The third-order valence-corrected chi connectivity index (χ3v) is 15.9. The lowest BCUT2D eigenvalue weighted by Gasteiger charge is -2.45. The van der Waals surface area contributed by atoms with E-state index in [0.717, 1.165) is 11.8 Å². The Morgan fingerprint density at radius 1 is 0.667 bits per heavy atom. The maximum absolute atomic E-state index is 5.84. The summed E-state index contributed by atoms with van der Waals surface area (Å²) in [5.41, 5.74) is 0. The number of rotatable bonds is 8. The van der Waals surface area contributed by atoms with Crippen LogP contribution in [0.15, 0.2) is 24.3 Å². The van der Waals surface area contributed by atoms with E-state index in [-0.39, 0.29) is 0 Å². The second kappa shape index (κ2) is 8.17. The van der Waals surface area contributed by atoms with Crippen molar-refractivity contribution in [1.82, 2.24) is 0 Å². The van der Waals surface area contributed by atoms with Crippen LogP contribution in [0.3, 0.4) is 0 Å². The Kier molecular flexibility index (Phi) is 5.83. The van der Waals surface area contributed by atoms with Crippen LogP contribution in [-0.4, -0.2) is 40.6 Å². The summed E-state index contributed by atoms with van der Waals surface area (Å²) in [6.07, 6.45) is 13.4. The van der Waals surface area contributed by atoms with Gasteiger partial charge in [-0.25, -0.2) is 0 Å². The predicted molar refractivity (Wildman–Crippen MR) is 132 cm³/mol.